The molecule has 2 heterocycles. The number of fused-ring (bicyclic) bond motifs is 1. The van der Waals surface area contributed by atoms with Gasteiger partial charge in [0.25, 0.3) is 0 Å². The van der Waals surface area contributed by atoms with Gasteiger partial charge >= 0.3 is 23.9 Å². The van der Waals surface area contributed by atoms with E-state index in [0.29, 0.717) is 0 Å². The van der Waals surface area contributed by atoms with Gasteiger partial charge in [0.2, 0.25) is 0 Å². The van der Waals surface area contributed by atoms with E-state index in [2.05, 4.69) is 13.2 Å². The summed E-state index contributed by atoms with van der Waals surface area (Å²) in [5.41, 5.74) is 1.01. The zero-order chi connectivity index (χ0) is 27.4. The van der Waals surface area contributed by atoms with E-state index in [0.717, 1.165) is 0 Å². The summed E-state index contributed by atoms with van der Waals surface area (Å²) in [6.07, 6.45) is -2.59. The van der Waals surface area contributed by atoms with Gasteiger partial charge in [0, 0.05) is 11.1 Å². The van der Waals surface area contributed by atoms with Gasteiger partial charge in [0.15, 0.2) is 12.2 Å². The summed E-state index contributed by atoms with van der Waals surface area (Å²) in [6, 6.07) is 11.8. The van der Waals surface area contributed by atoms with Gasteiger partial charge in [-0.2, -0.15) is 0 Å². The Morgan fingerprint density at radius 2 is 1.00 bits per heavy atom. The molecule has 0 N–H and O–H groups in total. The van der Waals surface area contributed by atoms with Crippen molar-refractivity contribution in [2.24, 2.45) is 0 Å². The number of ether oxygens (including phenoxy) is 6. The van der Waals surface area contributed by atoms with Crippen molar-refractivity contribution >= 4 is 23.9 Å². The van der Waals surface area contributed by atoms with Gasteiger partial charge in [-0.15, -0.1) is 0 Å². The predicted octanol–water partition coefficient (Wildman–Crippen LogP) is 3.20. The first-order valence-corrected chi connectivity index (χ1v) is 11.7. The molecular weight excluding hydrogens is 496 g/mol. The summed E-state index contributed by atoms with van der Waals surface area (Å²) in [6.45, 7) is 10.2. The quantitative estimate of drug-likeness (QED) is 0.290. The standard InChI is InChI=1S/C28H26O10/c1-15(2)25(29)35-19-9-5-17(6-10-19)27(31)37-21-13-33-24-22(14-34-23(21)24)38-28(32)18-7-11-20(12-8-18)36-26(30)16(3)4/h5-12,21-24H,1,3,13-14H2,2,4H3/t21-,22+,23-,24-/m1/s1. The summed E-state index contributed by atoms with van der Waals surface area (Å²) in [5.74, 6) is -1.80. The van der Waals surface area contributed by atoms with E-state index in [9.17, 15) is 19.2 Å². The Balaban J connectivity index is 1.29. The van der Waals surface area contributed by atoms with Gasteiger partial charge in [0.05, 0.1) is 24.3 Å². The molecular formula is C28H26O10. The highest BCUT2D eigenvalue weighted by atomic mass is 16.7. The van der Waals surface area contributed by atoms with E-state index in [1.54, 1.807) is 0 Å². The molecule has 2 aliphatic heterocycles. The van der Waals surface area contributed by atoms with Gasteiger partial charge in [-0.05, 0) is 62.4 Å². The van der Waals surface area contributed by atoms with Crippen molar-refractivity contribution in [1.82, 2.24) is 0 Å². The maximum atomic E-state index is 12.6. The zero-order valence-electron chi connectivity index (χ0n) is 20.8. The minimum absolute atomic E-state index is 0.0756. The van der Waals surface area contributed by atoms with Crippen molar-refractivity contribution in [2.75, 3.05) is 13.2 Å². The maximum Gasteiger partial charge on any atom is 0.338 e. The summed E-state index contributed by atoms with van der Waals surface area (Å²) in [5, 5.41) is 0. The summed E-state index contributed by atoms with van der Waals surface area (Å²) in [7, 11) is 0. The van der Waals surface area contributed by atoms with Gasteiger partial charge < -0.3 is 28.4 Å². The van der Waals surface area contributed by atoms with E-state index in [1.807, 2.05) is 0 Å². The third-order valence-corrected chi connectivity index (χ3v) is 5.78. The molecule has 198 valence electrons. The molecule has 2 saturated heterocycles. The highest BCUT2D eigenvalue weighted by Crippen LogP contribution is 2.31. The first kappa shape index (κ1) is 26.8. The molecule has 0 spiro atoms. The fourth-order valence-electron chi connectivity index (χ4n) is 3.75. The minimum atomic E-state index is -0.695. The van der Waals surface area contributed by atoms with E-state index in [-0.39, 0.29) is 47.0 Å². The van der Waals surface area contributed by atoms with Crippen LogP contribution in [0.4, 0.5) is 0 Å². The molecule has 0 aliphatic carbocycles. The monoisotopic (exact) mass is 522 g/mol. The van der Waals surface area contributed by atoms with Crippen molar-refractivity contribution < 1.29 is 47.6 Å². The summed E-state index contributed by atoms with van der Waals surface area (Å²) < 4.78 is 32.8. The average Bonchev–Trinajstić information content (AvgIpc) is 3.47. The van der Waals surface area contributed by atoms with Crippen molar-refractivity contribution in [1.29, 1.82) is 0 Å². The lowest BCUT2D eigenvalue weighted by atomic mass is 10.1. The number of rotatable bonds is 8. The van der Waals surface area contributed by atoms with Crippen molar-refractivity contribution in [3.8, 4) is 11.5 Å². The molecule has 0 aromatic heterocycles. The summed E-state index contributed by atoms with van der Waals surface area (Å²) in [4.78, 5) is 48.5. The molecule has 4 atom stereocenters. The smallest absolute Gasteiger partial charge is 0.338 e. The van der Waals surface area contributed by atoms with Gasteiger partial charge in [-0.3, -0.25) is 0 Å². The highest BCUT2D eigenvalue weighted by molar-refractivity contribution is 5.91. The maximum absolute atomic E-state index is 12.6. The zero-order valence-corrected chi connectivity index (χ0v) is 20.8. The van der Waals surface area contributed by atoms with E-state index in [4.69, 9.17) is 28.4 Å². The number of hydrogen-bond donors (Lipinski definition) is 0. The average molecular weight is 523 g/mol. The molecule has 0 bridgehead atoms. The third-order valence-electron chi connectivity index (χ3n) is 5.78. The topological polar surface area (TPSA) is 124 Å². The highest BCUT2D eigenvalue weighted by Gasteiger charge is 2.51. The molecule has 0 radical (unpaired) electrons. The molecule has 0 unspecified atom stereocenters. The molecule has 10 heteroatoms. The largest absolute Gasteiger partial charge is 0.453 e. The SMILES string of the molecule is C=C(C)C(=O)Oc1ccc(C(=O)O[C@H]2CO[C@H]3[C@@H]2OC[C@H]3OC(=O)c2ccc(OC(=O)C(=C)C)cc2)cc1. The molecule has 2 fully saturated rings. The van der Waals surface area contributed by atoms with Gasteiger partial charge in [0.1, 0.15) is 23.7 Å². The molecule has 0 amide bonds. The van der Waals surface area contributed by atoms with Crippen LogP contribution in [0.2, 0.25) is 0 Å². The van der Waals surface area contributed by atoms with Crippen LogP contribution in [-0.2, 0) is 28.5 Å². The number of carbonyl (C=O) groups excluding carboxylic acids is 4. The van der Waals surface area contributed by atoms with Crippen LogP contribution in [0.3, 0.4) is 0 Å². The first-order chi connectivity index (χ1) is 18.1. The fraction of sp³-hybridized carbons (Fsp3) is 0.286. The molecule has 38 heavy (non-hydrogen) atoms. The van der Waals surface area contributed by atoms with Gasteiger partial charge in [-0.25, -0.2) is 19.2 Å². The minimum Gasteiger partial charge on any atom is -0.453 e. The van der Waals surface area contributed by atoms with Crippen LogP contribution in [0.5, 0.6) is 11.5 Å². The van der Waals surface area contributed by atoms with Crippen LogP contribution < -0.4 is 9.47 Å². The van der Waals surface area contributed by atoms with Crippen LogP contribution >= 0.6 is 0 Å². The van der Waals surface area contributed by atoms with E-state index >= 15 is 0 Å². The number of benzene rings is 2. The molecule has 2 aromatic rings. The molecule has 10 nitrogen and oxygen atoms in total. The van der Waals surface area contributed by atoms with Crippen molar-refractivity contribution in [3.05, 3.63) is 84.0 Å². The lowest BCUT2D eigenvalue weighted by molar-refractivity contribution is -0.130. The first-order valence-electron chi connectivity index (χ1n) is 11.7. The van der Waals surface area contributed by atoms with Crippen LogP contribution in [0.15, 0.2) is 72.8 Å². The fourth-order valence-corrected chi connectivity index (χ4v) is 3.75. The van der Waals surface area contributed by atoms with Crippen LogP contribution in [0.1, 0.15) is 34.6 Å². The third kappa shape index (κ3) is 6.16. The molecule has 4 rings (SSSR count). The number of esters is 4. The van der Waals surface area contributed by atoms with Crippen LogP contribution in [0, 0.1) is 0 Å². The Hall–Kier alpha value is -4.28. The Labute approximate surface area is 218 Å². The van der Waals surface area contributed by atoms with Crippen molar-refractivity contribution in [3.63, 3.8) is 0 Å². The Morgan fingerprint density at radius 3 is 1.32 bits per heavy atom. The van der Waals surface area contributed by atoms with E-state index in [1.165, 1.54) is 62.4 Å². The Bertz CT molecular complexity index is 1160. The Kier molecular flexibility index (Phi) is 8.04. The molecule has 0 saturated carbocycles. The second-order valence-corrected chi connectivity index (χ2v) is 8.87. The number of carbonyl (C=O) groups is 4. The normalized spacial score (nSPS) is 21.6. The van der Waals surface area contributed by atoms with Crippen LogP contribution in [0.25, 0.3) is 0 Å². The van der Waals surface area contributed by atoms with Gasteiger partial charge in [-0.1, -0.05) is 13.2 Å². The second-order valence-electron chi connectivity index (χ2n) is 8.87. The predicted molar refractivity (Wildman–Crippen MR) is 132 cm³/mol. The Morgan fingerprint density at radius 1 is 0.658 bits per heavy atom. The lowest BCUT2D eigenvalue weighted by Gasteiger charge is -2.17. The molecule has 2 aliphatic rings. The van der Waals surface area contributed by atoms with Crippen molar-refractivity contribution in [2.45, 2.75) is 38.3 Å². The van der Waals surface area contributed by atoms with Crippen LogP contribution in [-0.4, -0.2) is 61.5 Å². The summed E-state index contributed by atoms with van der Waals surface area (Å²) >= 11 is 0. The second kappa shape index (κ2) is 11.4. The number of hydrogen-bond acceptors (Lipinski definition) is 10. The molecule has 2 aromatic carbocycles. The lowest BCUT2D eigenvalue weighted by Crippen LogP contribution is -2.36. The van der Waals surface area contributed by atoms with E-state index < -0.39 is 48.3 Å².